The van der Waals surface area contributed by atoms with E-state index in [0.717, 1.165) is 28.2 Å². The van der Waals surface area contributed by atoms with E-state index in [4.69, 9.17) is 5.26 Å². The number of amides is 1. The number of rotatable bonds is 3. The van der Waals surface area contributed by atoms with Crippen molar-refractivity contribution in [1.82, 2.24) is 4.98 Å². The summed E-state index contributed by atoms with van der Waals surface area (Å²) in [6.45, 7) is 5.75. The second kappa shape index (κ2) is 6.19. The first-order valence-electron chi connectivity index (χ1n) is 6.73. The average molecular weight is 279 g/mol. The maximum Gasteiger partial charge on any atom is 0.255 e. The highest BCUT2D eigenvalue weighted by Gasteiger charge is 2.11. The van der Waals surface area contributed by atoms with Crippen molar-refractivity contribution in [3.63, 3.8) is 0 Å². The predicted octanol–water partition coefficient (Wildman–Crippen LogP) is 3.33. The van der Waals surface area contributed by atoms with Gasteiger partial charge in [-0.1, -0.05) is 12.1 Å². The van der Waals surface area contributed by atoms with Crippen molar-refractivity contribution >= 4 is 11.6 Å². The van der Waals surface area contributed by atoms with Crippen LogP contribution in [0.5, 0.6) is 0 Å². The summed E-state index contributed by atoms with van der Waals surface area (Å²) in [5, 5.41) is 11.6. The molecule has 4 nitrogen and oxygen atoms in total. The molecule has 2 aromatic rings. The average Bonchev–Trinajstić information content (AvgIpc) is 2.43. The molecule has 1 N–H and O–H groups in total. The van der Waals surface area contributed by atoms with Gasteiger partial charge in [0, 0.05) is 11.3 Å². The van der Waals surface area contributed by atoms with Crippen molar-refractivity contribution < 1.29 is 4.79 Å². The van der Waals surface area contributed by atoms with Gasteiger partial charge < -0.3 is 5.32 Å². The molecule has 1 heterocycles. The number of benzene rings is 1. The number of nitrogens with zero attached hydrogens (tertiary/aromatic N) is 2. The lowest BCUT2D eigenvalue weighted by molar-refractivity contribution is 0.102. The third kappa shape index (κ3) is 3.46. The topological polar surface area (TPSA) is 65.8 Å². The van der Waals surface area contributed by atoms with E-state index in [0.29, 0.717) is 12.0 Å². The van der Waals surface area contributed by atoms with Crippen LogP contribution in [0.3, 0.4) is 0 Å². The number of aryl methyl sites for hydroxylation is 3. The molecule has 0 aliphatic carbocycles. The lowest BCUT2D eigenvalue weighted by atomic mass is 10.1. The van der Waals surface area contributed by atoms with Gasteiger partial charge in [0.2, 0.25) is 0 Å². The number of carbonyl (C=O) groups excluding carboxylic acids is 1. The van der Waals surface area contributed by atoms with Gasteiger partial charge in [-0.15, -0.1) is 0 Å². The Balaban J connectivity index is 2.27. The minimum absolute atomic E-state index is 0.188. The smallest absolute Gasteiger partial charge is 0.255 e. The Morgan fingerprint density at radius 2 is 2.05 bits per heavy atom. The standard InChI is InChI=1S/C17H17N3O/c1-11-9-12(2)19-13(3)16(11)20-17(21)15-6-4-5-14(10-15)7-8-18/h4-6,9-10H,7H2,1-3H3,(H,20,21). The maximum absolute atomic E-state index is 12.3. The molecule has 0 spiro atoms. The number of aromatic nitrogens is 1. The molecular formula is C17H17N3O. The molecule has 0 unspecified atom stereocenters. The second-order valence-corrected chi connectivity index (χ2v) is 5.03. The molecule has 0 saturated heterocycles. The van der Waals surface area contributed by atoms with Crippen molar-refractivity contribution in [3.05, 3.63) is 58.4 Å². The molecule has 1 aromatic carbocycles. The number of anilines is 1. The fraction of sp³-hybridized carbons (Fsp3) is 0.235. The maximum atomic E-state index is 12.3. The molecule has 106 valence electrons. The summed E-state index contributed by atoms with van der Waals surface area (Å²) < 4.78 is 0. The molecule has 4 heteroatoms. The summed E-state index contributed by atoms with van der Waals surface area (Å²) >= 11 is 0. The first-order chi connectivity index (χ1) is 10.0. The Bertz CT molecular complexity index is 706. The van der Waals surface area contributed by atoms with Crippen LogP contribution in [0.2, 0.25) is 0 Å². The molecule has 1 amide bonds. The van der Waals surface area contributed by atoms with Crippen LogP contribution >= 0.6 is 0 Å². The van der Waals surface area contributed by atoms with Crippen molar-refractivity contribution in [2.45, 2.75) is 27.2 Å². The summed E-state index contributed by atoms with van der Waals surface area (Å²) in [5.74, 6) is -0.188. The van der Waals surface area contributed by atoms with E-state index in [9.17, 15) is 4.79 Å². The first kappa shape index (κ1) is 14.7. The number of hydrogen-bond donors (Lipinski definition) is 1. The summed E-state index contributed by atoms with van der Waals surface area (Å²) in [6, 6.07) is 11.1. The van der Waals surface area contributed by atoms with Gasteiger partial charge in [-0.05, 0) is 50.1 Å². The van der Waals surface area contributed by atoms with Crippen LogP contribution in [0, 0.1) is 32.1 Å². The molecule has 0 fully saturated rings. The van der Waals surface area contributed by atoms with Crippen molar-refractivity contribution in [2.75, 3.05) is 5.32 Å². The number of carbonyl (C=O) groups is 1. The van der Waals surface area contributed by atoms with Gasteiger partial charge in [-0.2, -0.15) is 5.26 Å². The van der Waals surface area contributed by atoms with Crippen LogP contribution in [0.4, 0.5) is 5.69 Å². The minimum Gasteiger partial charge on any atom is -0.320 e. The third-order valence-corrected chi connectivity index (χ3v) is 3.24. The zero-order valence-corrected chi connectivity index (χ0v) is 12.4. The molecule has 0 aliphatic heterocycles. The summed E-state index contributed by atoms with van der Waals surface area (Å²) in [6.07, 6.45) is 0.297. The summed E-state index contributed by atoms with van der Waals surface area (Å²) in [7, 11) is 0. The van der Waals surface area contributed by atoms with Crippen LogP contribution in [-0.2, 0) is 6.42 Å². The highest BCUT2D eigenvalue weighted by atomic mass is 16.1. The zero-order valence-electron chi connectivity index (χ0n) is 12.4. The zero-order chi connectivity index (χ0) is 15.4. The van der Waals surface area contributed by atoms with Crippen LogP contribution in [0.25, 0.3) is 0 Å². The van der Waals surface area contributed by atoms with Gasteiger partial charge in [0.25, 0.3) is 5.91 Å². The van der Waals surface area contributed by atoms with Gasteiger partial charge in [-0.25, -0.2) is 0 Å². The van der Waals surface area contributed by atoms with Gasteiger partial charge >= 0.3 is 0 Å². The molecule has 0 atom stereocenters. The SMILES string of the molecule is Cc1cc(C)c(NC(=O)c2cccc(CC#N)c2)c(C)n1. The van der Waals surface area contributed by atoms with Crippen molar-refractivity contribution in [2.24, 2.45) is 0 Å². The molecule has 2 rings (SSSR count). The van der Waals surface area contributed by atoms with E-state index in [1.165, 1.54) is 0 Å². The summed E-state index contributed by atoms with van der Waals surface area (Å²) in [5.41, 5.74) is 4.84. The van der Waals surface area contributed by atoms with Crippen LogP contribution in [0.15, 0.2) is 30.3 Å². The van der Waals surface area contributed by atoms with Crippen LogP contribution in [0.1, 0.15) is 32.9 Å². The molecular weight excluding hydrogens is 262 g/mol. The Kier molecular flexibility index (Phi) is 4.34. The van der Waals surface area contributed by atoms with Gasteiger partial charge in [-0.3, -0.25) is 9.78 Å². The van der Waals surface area contributed by atoms with E-state index in [1.807, 2.05) is 32.9 Å². The van der Waals surface area contributed by atoms with E-state index in [1.54, 1.807) is 18.2 Å². The Morgan fingerprint density at radius 1 is 1.29 bits per heavy atom. The van der Waals surface area contributed by atoms with E-state index in [2.05, 4.69) is 16.4 Å². The Morgan fingerprint density at radius 3 is 2.71 bits per heavy atom. The fourth-order valence-electron chi connectivity index (χ4n) is 2.31. The number of nitrogens with one attached hydrogen (secondary N) is 1. The van der Waals surface area contributed by atoms with E-state index in [-0.39, 0.29) is 5.91 Å². The van der Waals surface area contributed by atoms with Gasteiger partial charge in [0.05, 0.1) is 23.9 Å². The minimum atomic E-state index is -0.188. The van der Waals surface area contributed by atoms with E-state index < -0.39 is 0 Å². The molecule has 0 saturated carbocycles. The van der Waals surface area contributed by atoms with Crippen molar-refractivity contribution in [1.29, 1.82) is 5.26 Å². The monoisotopic (exact) mass is 279 g/mol. The predicted molar refractivity (Wildman–Crippen MR) is 82.2 cm³/mol. The molecule has 21 heavy (non-hydrogen) atoms. The number of nitriles is 1. The summed E-state index contributed by atoms with van der Waals surface area (Å²) in [4.78, 5) is 16.7. The Labute approximate surface area is 124 Å². The molecule has 1 aromatic heterocycles. The van der Waals surface area contributed by atoms with Crippen LogP contribution < -0.4 is 5.32 Å². The van der Waals surface area contributed by atoms with E-state index >= 15 is 0 Å². The molecule has 0 aliphatic rings. The highest BCUT2D eigenvalue weighted by Crippen LogP contribution is 2.20. The normalized spacial score (nSPS) is 10.0. The number of pyridine rings is 1. The quantitative estimate of drug-likeness (QED) is 0.937. The van der Waals surface area contributed by atoms with Gasteiger partial charge in [0.15, 0.2) is 0 Å². The first-order valence-corrected chi connectivity index (χ1v) is 6.73. The lowest BCUT2D eigenvalue weighted by Crippen LogP contribution is -2.14. The second-order valence-electron chi connectivity index (χ2n) is 5.03. The highest BCUT2D eigenvalue weighted by molar-refractivity contribution is 6.05. The van der Waals surface area contributed by atoms with Crippen molar-refractivity contribution in [3.8, 4) is 6.07 Å². The Hall–Kier alpha value is -2.67. The number of hydrogen-bond acceptors (Lipinski definition) is 3. The molecule has 0 radical (unpaired) electrons. The molecule has 0 bridgehead atoms. The van der Waals surface area contributed by atoms with Gasteiger partial charge in [0.1, 0.15) is 0 Å². The van der Waals surface area contributed by atoms with Crippen LogP contribution in [-0.4, -0.2) is 10.9 Å². The third-order valence-electron chi connectivity index (χ3n) is 3.24. The fourth-order valence-corrected chi connectivity index (χ4v) is 2.31. The lowest BCUT2D eigenvalue weighted by Gasteiger charge is -2.12. The largest absolute Gasteiger partial charge is 0.320 e.